The second-order valence-electron chi connectivity index (χ2n) is 15.0. The van der Waals surface area contributed by atoms with Crippen molar-refractivity contribution in [3.05, 3.63) is 53.4 Å². The summed E-state index contributed by atoms with van der Waals surface area (Å²) < 4.78 is 53.4. The van der Waals surface area contributed by atoms with Crippen molar-refractivity contribution >= 4 is 46.0 Å². The predicted octanol–water partition coefficient (Wildman–Crippen LogP) is 2.86. The van der Waals surface area contributed by atoms with E-state index in [1.54, 1.807) is 26.8 Å². The normalized spacial score (nSPS) is 29.1. The first-order valence-corrected chi connectivity index (χ1v) is 18.8. The molecule has 1 saturated heterocycles. The van der Waals surface area contributed by atoms with E-state index < -0.39 is 86.1 Å². The fourth-order valence-corrected chi connectivity index (χ4v) is 8.29. The number of sulfonamides is 1. The lowest BCUT2D eigenvalue weighted by atomic mass is 9.85. The number of amides is 5. The highest BCUT2D eigenvalue weighted by molar-refractivity contribution is 7.91. The molecule has 51 heavy (non-hydrogen) atoms. The number of allylic oxidation sites excluding steroid dienone is 1. The number of benzene rings is 1. The van der Waals surface area contributed by atoms with Gasteiger partial charge in [0.25, 0.3) is 5.91 Å². The minimum absolute atomic E-state index is 0.0305. The van der Waals surface area contributed by atoms with Crippen molar-refractivity contribution in [1.29, 1.82) is 0 Å². The van der Waals surface area contributed by atoms with E-state index >= 15 is 0 Å². The molecule has 2 aliphatic carbocycles. The average Bonchev–Trinajstić information content (AvgIpc) is 3.95. The average molecular weight is 730 g/mol. The van der Waals surface area contributed by atoms with Crippen molar-refractivity contribution in [2.24, 2.45) is 11.3 Å². The zero-order chi connectivity index (χ0) is 36.9. The van der Waals surface area contributed by atoms with Crippen molar-refractivity contribution in [2.75, 3.05) is 13.2 Å². The quantitative estimate of drug-likeness (QED) is 0.371. The number of hydrogen-bond acceptors (Lipinski definition) is 9. The molecule has 3 aliphatic heterocycles. The first-order valence-electron chi connectivity index (χ1n) is 17.2. The summed E-state index contributed by atoms with van der Waals surface area (Å²) in [6, 6.07) is 0.526. The summed E-state index contributed by atoms with van der Waals surface area (Å²) in [5, 5.41) is 4.67. The number of rotatable bonds is 6. The molecule has 0 spiro atoms. The van der Waals surface area contributed by atoms with Gasteiger partial charge in [0.15, 0.2) is 0 Å². The van der Waals surface area contributed by atoms with Crippen molar-refractivity contribution in [2.45, 2.75) is 101 Å². The highest BCUT2D eigenvalue weighted by Gasteiger charge is 2.62. The summed E-state index contributed by atoms with van der Waals surface area (Å²) in [6.45, 7) is 8.80. The summed E-state index contributed by atoms with van der Waals surface area (Å²) in [4.78, 5) is 70.8. The number of nitrogens with zero attached hydrogens (tertiary/aromatic N) is 2. The van der Waals surface area contributed by atoms with Crippen LogP contribution in [0, 0.1) is 17.2 Å². The molecule has 0 radical (unpaired) electrons. The van der Waals surface area contributed by atoms with Crippen LogP contribution in [0.5, 0.6) is 0 Å². The Kier molecular flexibility index (Phi) is 9.67. The topological polar surface area (TPSA) is 181 Å². The SMILES string of the molecule is C=C[C@@H]1C[C@]1(NC(=O)[C@@H]1C[C@@H]2CN1C(=O)[C@H](C(C)(C)C)NC(=O)OCCC/C=C/c1ccc(F)c3c1CN(C3)C(=O)O2)C(=O)NS(=O)(=O)C1CC1. The Hall–Kier alpha value is -4.47. The third-order valence-electron chi connectivity index (χ3n) is 10.2. The summed E-state index contributed by atoms with van der Waals surface area (Å²) in [7, 11) is -3.93. The van der Waals surface area contributed by atoms with Gasteiger partial charge in [-0.1, -0.05) is 45.1 Å². The maximum Gasteiger partial charge on any atom is 0.410 e. The molecular weight excluding hydrogens is 685 g/mol. The molecule has 5 amide bonds. The van der Waals surface area contributed by atoms with Crippen LogP contribution in [-0.2, 0) is 47.0 Å². The summed E-state index contributed by atoms with van der Waals surface area (Å²) in [5.41, 5.74) is -0.734. The van der Waals surface area contributed by atoms with Crippen LogP contribution in [0.15, 0.2) is 30.9 Å². The highest BCUT2D eigenvalue weighted by atomic mass is 32.2. The van der Waals surface area contributed by atoms with Crippen LogP contribution in [0.1, 0.15) is 76.0 Å². The minimum atomic E-state index is -3.93. The van der Waals surface area contributed by atoms with E-state index in [9.17, 15) is 36.8 Å². The number of nitrogens with one attached hydrogen (secondary N) is 3. The molecule has 5 aliphatic rings. The molecule has 0 aromatic heterocycles. The van der Waals surface area contributed by atoms with E-state index in [4.69, 9.17) is 9.47 Å². The Bertz CT molecular complexity index is 1790. The van der Waals surface area contributed by atoms with Crippen LogP contribution in [0.3, 0.4) is 0 Å². The largest absolute Gasteiger partial charge is 0.450 e. The molecule has 3 N–H and O–H groups in total. The van der Waals surface area contributed by atoms with E-state index in [-0.39, 0.29) is 39.1 Å². The third kappa shape index (κ3) is 7.46. The van der Waals surface area contributed by atoms with Gasteiger partial charge >= 0.3 is 12.2 Å². The number of halogens is 1. The molecule has 5 atom stereocenters. The van der Waals surface area contributed by atoms with E-state index in [1.165, 1.54) is 21.9 Å². The third-order valence-corrected chi connectivity index (χ3v) is 12.0. The van der Waals surface area contributed by atoms with Gasteiger partial charge in [0, 0.05) is 17.9 Å². The number of carbonyl (C=O) groups excluding carboxylic acids is 5. The Morgan fingerprint density at radius 2 is 1.86 bits per heavy atom. The van der Waals surface area contributed by atoms with E-state index in [1.807, 2.05) is 12.2 Å². The van der Waals surface area contributed by atoms with Gasteiger partial charge in [-0.05, 0) is 54.7 Å². The molecule has 2 saturated carbocycles. The molecule has 0 unspecified atom stereocenters. The fourth-order valence-electron chi connectivity index (χ4n) is 6.92. The Labute approximate surface area is 296 Å². The lowest BCUT2D eigenvalue weighted by Crippen LogP contribution is -2.60. The second kappa shape index (κ2) is 13.6. The van der Waals surface area contributed by atoms with Crippen LogP contribution in [0.2, 0.25) is 0 Å². The van der Waals surface area contributed by atoms with Crippen molar-refractivity contribution in [3.8, 4) is 0 Å². The fraction of sp³-hybridized carbons (Fsp3) is 0.571. The Morgan fingerprint density at radius 3 is 2.53 bits per heavy atom. The van der Waals surface area contributed by atoms with Gasteiger partial charge in [-0.2, -0.15) is 0 Å². The van der Waals surface area contributed by atoms with Crippen LogP contribution in [0.4, 0.5) is 14.0 Å². The second-order valence-corrected chi connectivity index (χ2v) is 17.0. The summed E-state index contributed by atoms with van der Waals surface area (Å²) in [6.07, 6.45) is 4.38. The van der Waals surface area contributed by atoms with Crippen LogP contribution in [-0.4, -0.2) is 90.3 Å². The molecule has 1 aromatic rings. The molecule has 3 heterocycles. The zero-order valence-electron chi connectivity index (χ0n) is 28.9. The molecule has 1 aromatic carbocycles. The number of cyclic esters (lactones) is 1. The van der Waals surface area contributed by atoms with Crippen molar-refractivity contribution < 1.29 is 46.3 Å². The van der Waals surface area contributed by atoms with Gasteiger partial charge in [-0.3, -0.25) is 24.0 Å². The van der Waals surface area contributed by atoms with Gasteiger partial charge in [-0.15, -0.1) is 6.58 Å². The summed E-state index contributed by atoms with van der Waals surface area (Å²) in [5.74, 6) is -3.34. The predicted molar refractivity (Wildman–Crippen MR) is 181 cm³/mol. The maximum atomic E-state index is 14.9. The number of ether oxygens (including phenoxy) is 2. The molecular formula is C35H44FN5O9S. The molecule has 4 bridgehead atoms. The van der Waals surface area contributed by atoms with E-state index in [2.05, 4.69) is 21.9 Å². The summed E-state index contributed by atoms with van der Waals surface area (Å²) >= 11 is 0. The molecule has 3 fully saturated rings. The number of hydrogen-bond donors (Lipinski definition) is 3. The molecule has 6 rings (SSSR count). The first-order chi connectivity index (χ1) is 24.0. The lowest BCUT2D eigenvalue weighted by Gasteiger charge is -2.35. The smallest absolute Gasteiger partial charge is 0.410 e. The van der Waals surface area contributed by atoms with E-state index in [0.29, 0.717) is 36.8 Å². The Morgan fingerprint density at radius 1 is 1.14 bits per heavy atom. The number of alkyl carbamates (subject to hydrolysis) is 1. The Balaban J connectivity index is 1.28. The minimum Gasteiger partial charge on any atom is -0.450 e. The van der Waals surface area contributed by atoms with Gasteiger partial charge < -0.3 is 25.0 Å². The van der Waals surface area contributed by atoms with Gasteiger partial charge in [0.1, 0.15) is 29.5 Å². The standard InChI is InChI=1S/C35H44FN5O9S/c1-5-21-16-35(21,31(44)39-51(47,48)23-11-12-23)38-29(42)27-15-22-17-41(27)30(43)28(34(2,3)4)37-32(45)49-14-8-6-7-9-20-10-13-26(36)25-19-40(18-24(20)25)33(46)50-22/h5,7,9-10,13,21-23,27-28H,1,6,8,11-12,14-19H2,2-4H3,(H,37,45)(H,38,42)(H,39,44)/b9-7+/t21-,22-,27+,28-,35-/m1/s1. The highest BCUT2D eigenvalue weighted by Crippen LogP contribution is 2.45. The van der Waals surface area contributed by atoms with Crippen LogP contribution in [0.25, 0.3) is 6.08 Å². The lowest BCUT2D eigenvalue weighted by molar-refractivity contribution is -0.142. The van der Waals surface area contributed by atoms with Crippen molar-refractivity contribution in [1.82, 2.24) is 25.2 Å². The molecule has 16 heteroatoms. The van der Waals surface area contributed by atoms with Gasteiger partial charge in [0.2, 0.25) is 21.8 Å². The maximum absolute atomic E-state index is 14.9. The van der Waals surface area contributed by atoms with E-state index in [0.717, 1.165) is 5.56 Å². The number of carbonyl (C=O) groups is 5. The first kappa shape index (κ1) is 36.3. The number of fused-ring (bicyclic) bond motifs is 3. The van der Waals surface area contributed by atoms with Gasteiger partial charge in [0.05, 0.1) is 31.5 Å². The molecule has 14 nitrogen and oxygen atoms in total. The zero-order valence-corrected chi connectivity index (χ0v) is 29.7. The van der Waals surface area contributed by atoms with Crippen molar-refractivity contribution in [3.63, 3.8) is 0 Å². The molecule has 276 valence electrons. The van der Waals surface area contributed by atoms with Crippen LogP contribution >= 0.6 is 0 Å². The van der Waals surface area contributed by atoms with Crippen LogP contribution < -0.4 is 15.4 Å². The monoisotopic (exact) mass is 729 g/mol. The van der Waals surface area contributed by atoms with Gasteiger partial charge in [-0.25, -0.2) is 22.4 Å².